The third-order valence-corrected chi connectivity index (χ3v) is 7.18. The molecule has 10 atom stereocenters. The van der Waals surface area contributed by atoms with Crippen LogP contribution in [0, 0.1) is 0 Å². The highest BCUT2D eigenvalue weighted by Gasteiger charge is 2.49. The molecule has 0 saturated carbocycles. The van der Waals surface area contributed by atoms with Crippen molar-refractivity contribution in [3.05, 3.63) is 46.6 Å². The Bertz CT molecular complexity index is 1490. The van der Waals surface area contributed by atoms with Crippen LogP contribution in [0.1, 0.15) is 0 Å². The van der Waals surface area contributed by atoms with E-state index in [1.54, 1.807) is 0 Å². The van der Waals surface area contributed by atoms with E-state index in [1.165, 1.54) is 24.3 Å². The number of phenols is 2. The van der Waals surface area contributed by atoms with Crippen LogP contribution in [0.2, 0.25) is 0 Å². The normalized spacial score (nSPS) is 30.4. The van der Waals surface area contributed by atoms with E-state index in [4.69, 9.17) is 23.4 Å². The number of benzene rings is 2. The quantitative estimate of drug-likeness (QED) is 0.117. The molecular weight excluding hydrogens is 580 g/mol. The number of aliphatic hydroxyl groups is 8. The molecule has 0 radical (unpaired) electrons. The Morgan fingerprint density at radius 2 is 1.30 bits per heavy atom. The molecule has 0 aliphatic carbocycles. The van der Waals surface area contributed by atoms with Crippen molar-refractivity contribution in [2.75, 3.05) is 13.2 Å². The van der Waals surface area contributed by atoms with E-state index in [1.807, 2.05) is 0 Å². The van der Waals surface area contributed by atoms with Crippen LogP contribution in [0.4, 0.5) is 0 Å². The average molecular weight is 611 g/mol. The fourth-order valence-corrected chi connectivity index (χ4v) is 4.86. The molecule has 2 aromatic carbocycles. The van der Waals surface area contributed by atoms with Gasteiger partial charge in [0.05, 0.1) is 13.2 Å². The standard InChI is InChI=1S/C27H30O16/c28-7-13(33)22-18(35)20(37)26(41-22)40-16-6-12(32)17-11(31)5-15(9-1-3-10(30)4-2-9)39-25(17)24(16)43-27-21(38)19(36)23(42-27)14(34)8-29/h1-6,13-14,18-23,26-30,32-38H,7-8H2/t13-,14-,18-,19-,20-,21-,22-,23+,26-,27+/m1/s1. The Morgan fingerprint density at radius 1 is 0.767 bits per heavy atom. The fourth-order valence-electron chi connectivity index (χ4n) is 4.86. The molecule has 0 amide bonds. The zero-order valence-corrected chi connectivity index (χ0v) is 22.1. The van der Waals surface area contributed by atoms with Crippen LogP contribution in [-0.4, -0.2) is 126 Å². The molecule has 16 nitrogen and oxygen atoms in total. The lowest BCUT2D eigenvalue weighted by molar-refractivity contribution is -0.146. The van der Waals surface area contributed by atoms with E-state index in [0.29, 0.717) is 5.56 Å². The molecule has 3 heterocycles. The molecule has 2 aliphatic rings. The molecule has 0 unspecified atom stereocenters. The molecule has 5 rings (SSSR count). The molecule has 0 spiro atoms. The zero-order valence-electron chi connectivity index (χ0n) is 22.1. The Hall–Kier alpha value is -3.55. The van der Waals surface area contributed by atoms with E-state index in [2.05, 4.69) is 0 Å². The van der Waals surface area contributed by atoms with Crippen LogP contribution in [0.25, 0.3) is 22.3 Å². The topological polar surface area (TPSA) is 269 Å². The van der Waals surface area contributed by atoms with Gasteiger partial charge in [-0.1, -0.05) is 0 Å². The lowest BCUT2D eigenvalue weighted by Crippen LogP contribution is -2.40. The third kappa shape index (κ3) is 5.73. The van der Waals surface area contributed by atoms with Crippen LogP contribution in [0.5, 0.6) is 23.0 Å². The number of aliphatic hydroxyl groups excluding tert-OH is 8. The average Bonchev–Trinajstić information content (AvgIpc) is 3.43. The van der Waals surface area contributed by atoms with Gasteiger partial charge in [-0.25, -0.2) is 0 Å². The summed E-state index contributed by atoms with van der Waals surface area (Å²) in [5.41, 5.74) is -0.925. The number of fused-ring (bicyclic) bond motifs is 1. The van der Waals surface area contributed by atoms with Crippen molar-refractivity contribution in [1.29, 1.82) is 0 Å². The summed E-state index contributed by atoms with van der Waals surface area (Å²) in [6.45, 7) is -1.65. The Balaban J connectivity index is 1.63. The van der Waals surface area contributed by atoms with Gasteiger partial charge in [0.15, 0.2) is 16.8 Å². The molecule has 3 aromatic rings. The predicted molar refractivity (Wildman–Crippen MR) is 140 cm³/mol. The number of hydrogen-bond donors (Lipinski definition) is 10. The van der Waals surface area contributed by atoms with Crippen LogP contribution in [0.3, 0.4) is 0 Å². The van der Waals surface area contributed by atoms with Gasteiger partial charge in [0.1, 0.15) is 71.5 Å². The highest BCUT2D eigenvalue weighted by atomic mass is 16.7. The summed E-state index contributed by atoms with van der Waals surface area (Å²) in [5, 5.41) is 100. The number of aromatic hydroxyl groups is 2. The molecule has 2 aliphatic heterocycles. The first kappa shape index (κ1) is 30.9. The van der Waals surface area contributed by atoms with E-state index in [9.17, 15) is 55.9 Å². The van der Waals surface area contributed by atoms with Crippen LogP contribution < -0.4 is 14.9 Å². The maximum absolute atomic E-state index is 13.2. The predicted octanol–water partition coefficient (Wildman–Crippen LogP) is -2.77. The number of rotatable bonds is 9. The van der Waals surface area contributed by atoms with Gasteiger partial charge in [-0.3, -0.25) is 4.79 Å². The minimum atomic E-state index is -1.82. The van der Waals surface area contributed by atoms with Crippen molar-refractivity contribution in [3.63, 3.8) is 0 Å². The van der Waals surface area contributed by atoms with Crippen molar-refractivity contribution in [1.82, 2.24) is 0 Å². The first-order valence-corrected chi connectivity index (χ1v) is 13.0. The summed E-state index contributed by atoms with van der Waals surface area (Å²) >= 11 is 0. The molecule has 10 N–H and O–H groups in total. The number of ether oxygens (including phenoxy) is 4. The van der Waals surface area contributed by atoms with Gasteiger partial charge in [-0.05, 0) is 24.3 Å². The van der Waals surface area contributed by atoms with Crippen molar-refractivity contribution in [2.45, 2.75) is 61.4 Å². The summed E-state index contributed by atoms with van der Waals surface area (Å²) in [7, 11) is 0. The number of hydrogen-bond acceptors (Lipinski definition) is 16. The van der Waals surface area contributed by atoms with Gasteiger partial charge >= 0.3 is 0 Å². The Labute approximate surface area is 241 Å². The van der Waals surface area contributed by atoms with E-state index >= 15 is 0 Å². The summed E-state index contributed by atoms with van der Waals surface area (Å²) < 4.78 is 28.2. The van der Waals surface area contributed by atoms with Crippen LogP contribution in [-0.2, 0) is 9.47 Å². The second kappa shape index (κ2) is 12.2. The summed E-state index contributed by atoms with van der Waals surface area (Å²) in [5.74, 6) is -1.86. The SMILES string of the molecule is O=c1cc(-c2ccc(O)cc2)oc2c(O[C@@H]3O[C@@H]([C@H](O)CO)[C@H](O)[C@H]3O)c(O[C@@H]3O[C@H]([C@H](O)CO)[C@H](O)[C@H]3O)cc(O)c12. The smallest absolute Gasteiger partial charge is 0.229 e. The third-order valence-electron chi connectivity index (χ3n) is 7.18. The van der Waals surface area contributed by atoms with Gasteiger partial charge in [-0.15, -0.1) is 0 Å². The molecule has 0 bridgehead atoms. The summed E-state index contributed by atoms with van der Waals surface area (Å²) in [6, 6.07) is 7.44. The second-order valence-electron chi connectivity index (χ2n) is 10.1. The maximum atomic E-state index is 13.2. The first-order valence-electron chi connectivity index (χ1n) is 13.0. The van der Waals surface area contributed by atoms with Gasteiger partial charge in [-0.2, -0.15) is 0 Å². The molecular formula is C27H30O16. The van der Waals surface area contributed by atoms with E-state index < -0.39 is 108 Å². The second-order valence-corrected chi connectivity index (χ2v) is 10.1. The molecule has 234 valence electrons. The summed E-state index contributed by atoms with van der Waals surface area (Å²) in [4.78, 5) is 13.2. The lowest BCUT2D eigenvalue weighted by atomic mass is 10.1. The highest BCUT2D eigenvalue weighted by Crippen LogP contribution is 2.44. The van der Waals surface area contributed by atoms with Gasteiger partial charge < -0.3 is 74.4 Å². The number of phenolic OH excluding ortho intramolecular Hbond substituents is 2. The van der Waals surface area contributed by atoms with Crippen molar-refractivity contribution >= 4 is 11.0 Å². The zero-order chi connectivity index (χ0) is 31.2. The summed E-state index contributed by atoms with van der Waals surface area (Å²) in [6.07, 6.45) is -16.8. The lowest BCUT2D eigenvalue weighted by Gasteiger charge is -2.23. The Kier molecular flexibility index (Phi) is 8.77. The van der Waals surface area contributed by atoms with E-state index in [0.717, 1.165) is 12.1 Å². The molecule has 43 heavy (non-hydrogen) atoms. The maximum Gasteiger partial charge on any atom is 0.229 e. The van der Waals surface area contributed by atoms with Crippen molar-refractivity contribution in [2.24, 2.45) is 0 Å². The van der Waals surface area contributed by atoms with Gasteiger partial charge in [0.2, 0.25) is 18.3 Å². The first-order chi connectivity index (χ1) is 20.4. The minimum Gasteiger partial charge on any atom is -0.508 e. The highest BCUT2D eigenvalue weighted by molar-refractivity contribution is 5.91. The van der Waals surface area contributed by atoms with E-state index in [-0.39, 0.29) is 11.5 Å². The van der Waals surface area contributed by atoms with Crippen molar-refractivity contribution < 1.29 is 74.4 Å². The van der Waals surface area contributed by atoms with Crippen LogP contribution in [0.15, 0.2) is 45.6 Å². The van der Waals surface area contributed by atoms with Crippen molar-refractivity contribution in [3.8, 4) is 34.3 Å². The molecule has 1 aromatic heterocycles. The molecule has 2 fully saturated rings. The molecule has 2 saturated heterocycles. The van der Waals surface area contributed by atoms with Crippen LogP contribution >= 0.6 is 0 Å². The monoisotopic (exact) mass is 610 g/mol. The fraction of sp³-hybridized carbons (Fsp3) is 0.444. The van der Waals surface area contributed by atoms with Gasteiger partial charge in [0, 0.05) is 17.7 Å². The van der Waals surface area contributed by atoms with Gasteiger partial charge in [0.25, 0.3) is 0 Å². The molecule has 16 heteroatoms. The largest absolute Gasteiger partial charge is 0.508 e. The Morgan fingerprint density at radius 3 is 1.84 bits per heavy atom. The minimum absolute atomic E-state index is 0.0703.